The third kappa shape index (κ3) is 11.5. The summed E-state index contributed by atoms with van der Waals surface area (Å²) in [6.07, 6.45) is 1.99. The molecule has 14 nitrogen and oxygen atoms in total. The van der Waals surface area contributed by atoms with E-state index in [-0.39, 0.29) is 50.1 Å². The van der Waals surface area contributed by atoms with E-state index >= 15 is 0 Å². The van der Waals surface area contributed by atoms with Crippen LogP contribution in [0, 0.1) is 17.8 Å². The van der Waals surface area contributed by atoms with E-state index in [2.05, 4.69) is 31.9 Å². The van der Waals surface area contributed by atoms with E-state index in [0.29, 0.717) is 19.3 Å². The van der Waals surface area contributed by atoms with E-state index in [4.69, 9.17) is 0 Å². The van der Waals surface area contributed by atoms with Gasteiger partial charge in [0.25, 0.3) is 0 Å². The second-order valence-corrected chi connectivity index (χ2v) is 14.5. The average Bonchev–Trinajstić information content (AvgIpc) is 3.58. The Morgan fingerprint density at radius 2 is 1.51 bits per heavy atom. The Hall–Kier alpha value is -4.49. The van der Waals surface area contributed by atoms with Crippen LogP contribution in [-0.2, 0) is 40.0 Å². The highest BCUT2D eigenvalue weighted by Gasteiger charge is 2.41. The summed E-state index contributed by atoms with van der Waals surface area (Å²) in [6.45, 7) is 12.6. The van der Waals surface area contributed by atoms with Crippen molar-refractivity contribution in [3.63, 3.8) is 0 Å². The number of benzene rings is 1. The summed E-state index contributed by atoms with van der Waals surface area (Å²) in [7, 11) is 0. The maximum atomic E-state index is 14.3. The van der Waals surface area contributed by atoms with Crippen molar-refractivity contribution in [2.45, 2.75) is 123 Å². The standard InChI is InChI=1S/C37H57N7O7/c1-8-23(6)31-36(50)42-29(21(2)3)34(48)38-18-12-16-26(40-35(49)30(22(4)5)39-24(7)45)32(46)41-27(20-25-14-10-9-11-15-25)37(51)44-19-13-17-28(44)33(47)43-31/h9-11,14-15,21-23,26-31H,8,12-13,16-20H2,1-7H3,(H,38,48)(H,39,45)(H,40,49)(H,41,46)(H,42,50)(H,43,47)/t23-,26-,27-,28-,29-,30-,31-/m0/s1. The average molecular weight is 712 g/mol. The summed E-state index contributed by atoms with van der Waals surface area (Å²) < 4.78 is 0. The summed E-state index contributed by atoms with van der Waals surface area (Å²) in [5.74, 6) is -4.25. The van der Waals surface area contributed by atoms with Crippen molar-refractivity contribution >= 4 is 41.4 Å². The van der Waals surface area contributed by atoms with Gasteiger partial charge in [-0.25, -0.2) is 0 Å². The number of hydrogen-bond acceptors (Lipinski definition) is 7. The van der Waals surface area contributed by atoms with Crippen molar-refractivity contribution in [1.82, 2.24) is 36.8 Å². The molecule has 2 fully saturated rings. The van der Waals surface area contributed by atoms with Gasteiger partial charge in [-0.3, -0.25) is 33.6 Å². The molecule has 0 radical (unpaired) electrons. The van der Waals surface area contributed by atoms with E-state index in [1.807, 2.05) is 44.2 Å². The number of nitrogens with zero attached hydrogens (tertiary/aromatic N) is 1. The highest BCUT2D eigenvalue weighted by atomic mass is 16.2. The van der Waals surface area contributed by atoms with E-state index < -0.39 is 77.6 Å². The third-order valence-corrected chi connectivity index (χ3v) is 9.69. The maximum Gasteiger partial charge on any atom is 0.246 e. The highest BCUT2D eigenvalue weighted by molar-refractivity contribution is 5.97. The van der Waals surface area contributed by atoms with Gasteiger partial charge in [-0.1, -0.05) is 78.3 Å². The molecule has 0 bridgehead atoms. The lowest BCUT2D eigenvalue weighted by Crippen LogP contribution is -2.61. The van der Waals surface area contributed by atoms with Crippen LogP contribution >= 0.6 is 0 Å². The predicted octanol–water partition coefficient (Wildman–Crippen LogP) is 0.932. The Balaban J connectivity index is 2.03. The van der Waals surface area contributed by atoms with Crippen molar-refractivity contribution in [2.75, 3.05) is 13.1 Å². The second kappa shape index (κ2) is 19.2. The minimum absolute atomic E-state index is 0.0958. The molecule has 2 aliphatic heterocycles. The van der Waals surface area contributed by atoms with E-state index in [0.717, 1.165) is 5.56 Å². The molecule has 14 heteroatoms. The molecule has 2 saturated heterocycles. The lowest BCUT2D eigenvalue weighted by Gasteiger charge is -2.32. The molecule has 0 saturated carbocycles. The van der Waals surface area contributed by atoms with Crippen LogP contribution < -0.4 is 31.9 Å². The smallest absolute Gasteiger partial charge is 0.246 e. The molecule has 2 aliphatic rings. The van der Waals surface area contributed by atoms with Crippen molar-refractivity contribution in [3.05, 3.63) is 35.9 Å². The number of carbonyl (C=O) groups excluding carboxylic acids is 7. The third-order valence-electron chi connectivity index (χ3n) is 9.69. The fourth-order valence-corrected chi connectivity index (χ4v) is 6.47. The maximum absolute atomic E-state index is 14.3. The molecule has 282 valence electrons. The number of rotatable bonds is 9. The molecule has 0 aromatic heterocycles. The SMILES string of the molecule is CC[C@H](C)[C@@H]1NC(=O)[C@@H]2CCCN2C(=O)[C@H](Cc2ccccc2)NC(=O)[C@@H](NC(=O)[C@@H](NC(C)=O)C(C)C)CCCNC(=O)[C@H](C(C)C)NC1=O. The van der Waals surface area contributed by atoms with Gasteiger partial charge in [-0.2, -0.15) is 0 Å². The normalized spacial score (nSPS) is 25.4. The Kier molecular flexibility index (Phi) is 15.4. The zero-order valence-corrected chi connectivity index (χ0v) is 31.0. The van der Waals surface area contributed by atoms with Crippen LogP contribution in [0.2, 0.25) is 0 Å². The molecular formula is C37H57N7O7. The topological polar surface area (TPSA) is 195 Å². The first kappa shape index (κ1) is 40.9. The molecule has 0 spiro atoms. The van der Waals surface area contributed by atoms with Crippen LogP contribution in [-0.4, -0.2) is 95.6 Å². The lowest BCUT2D eigenvalue weighted by atomic mass is 9.96. The van der Waals surface area contributed by atoms with Crippen LogP contribution in [0.4, 0.5) is 0 Å². The molecular weight excluding hydrogens is 654 g/mol. The van der Waals surface area contributed by atoms with Crippen LogP contribution in [0.1, 0.15) is 86.1 Å². The van der Waals surface area contributed by atoms with Gasteiger partial charge in [0.05, 0.1) is 0 Å². The van der Waals surface area contributed by atoms with E-state index in [1.165, 1.54) is 11.8 Å². The Bertz CT molecular complexity index is 1400. The number of hydrogen-bond donors (Lipinski definition) is 6. The van der Waals surface area contributed by atoms with Crippen LogP contribution in [0.15, 0.2) is 30.3 Å². The van der Waals surface area contributed by atoms with Gasteiger partial charge >= 0.3 is 0 Å². The summed E-state index contributed by atoms with van der Waals surface area (Å²) in [6, 6.07) is 3.32. The van der Waals surface area contributed by atoms with E-state index in [9.17, 15) is 33.6 Å². The van der Waals surface area contributed by atoms with Crippen molar-refractivity contribution < 1.29 is 33.6 Å². The number of amides is 7. The summed E-state index contributed by atoms with van der Waals surface area (Å²) in [5, 5.41) is 16.8. The molecule has 51 heavy (non-hydrogen) atoms. The molecule has 2 heterocycles. The minimum atomic E-state index is -1.12. The molecule has 7 atom stereocenters. The molecule has 7 amide bonds. The first-order valence-electron chi connectivity index (χ1n) is 18.2. The van der Waals surface area contributed by atoms with Gasteiger partial charge in [-0.05, 0) is 49.0 Å². The zero-order valence-electron chi connectivity index (χ0n) is 31.0. The quantitative estimate of drug-likeness (QED) is 0.219. The lowest BCUT2D eigenvalue weighted by molar-refractivity contribution is -0.143. The van der Waals surface area contributed by atoms with Crippen molar-refractivity contribution in [3.8, 4) is 0 Å². The fourth-order valence-electron chi connectivity index (χ4n) is 6.47. The molecule has 6 N–H and O–H groups in total. The summed E-state index contributed by atoms with van der Waals surface area (Å²) >= 11 is 0. The Labute approximate surface area is 301 Å². The predicted molar refractivity (Wildman–Crippen MR) is 192 cm³/mol. The molecule has 0 unspecified atom stereocenters. The molecule has 1 aromatic rings. The molecule has 3 rings (SSSR count). The number of carbonyl (C=O) groups is 7. The summed E-state index contributed by atoms with van der Waals surface area (Å²) in [5.41, 5.74) is 0.778. The molecule has 1 aromatic carbocycles. The number of nitrogens with one attached hydrogen (secondary N) is 6. The van der Waals surface area contributed by atoms with E-state index in [1.54, 1.807) is 27.7 Å². The van der Waals surface area contributed by atoms with Gasteiger partial charge in [0.1, 0.15) is 36.3 Å². The zero-order chi connectivity index (χ0) is 37.8. The minimum Gasteiger partial charge on any atom is -0.354 e. The van der Waals surface area contributed by atoms with Gasteiger partial charge in [0, 0.05) is 26.4 Å². The first-order chi connectivity index (χ1) is 24.1. The first-order valence-corrected chi connectivity index (χ1v) is 18.2. The second-order valence-electron chi connectivity index (χ2n) is 14.5. The highest BCUT2D eigenvalue weighted by Crippen LogP contribution is 2.21. The van der Waals surface area contributed by atoms with Gasteiger partial charge in [0.2, 0.25) is 41.4 Å². The van der Waals surface area contributed by atoms with Crippen molar-refractivity contribution in [1.29, 1.82) is 0 Å². The van der Waals surface area contributed by atoms with Crippen LogP contribution in [0.25, 0.3) is 0 Å². The Morgan fingerprint density at radius 3 is 2.12 bits per heavy atom. The van der Waals surface area contributed by atoms with Gasteiger partial charge in [0.15, 0.2) is 0 Å². The monoisotopic (exact) mass is 711 g/mol. The van der Waals surface area contributed by atoms with Crippen molar-refractivity contribution in [2.24, 2.45) is 17.8 Å². The van der Waals surface area contributed by atoms with Gasteiger partial charge in [-0.15, -0.1) is 0 Å². The molecule has 0 aliphatic carbocycles. The van der Waals surface area contributed by atoms with Crippen LogP contribution in [0.3, 0.4) is 0 Å². The number of fused-ring (bicyclic) bond motifs is 1. The Morgan fingerprint density at radius 1 is 0.843 bits per heavy atom. The van der Waals surface area contributed by atoms with Gasteiger partial charge < -0.3 is 36.8 Å². The largest absolute Gasteiger partial charge is 0.354 e. The van der Waals surface area contributed by atoms with Crippen LogP contribution in [0.5, 0.6) is 0 Å². The summed E-state index contributed by atoms with van der Waals surface area (Å²) in [4.78, 5) is 96.1. The fraction of sp³-hybridized carbons (Fsp3) is 0.649.